The summed E-state index contributed by atoms with van der Waals surface area (Å²) in [7, 11) is 1.82. The molecule has 4 atom stereocenters. The van der Waals surface area contributed by atoms with Crippen LogP contribution in [0.2, 0.25) is 0 Å². The van der Waals surface area contributed by atoms with Gasteiger partial charge in [0, 0.05) is 13.1 Å². The van der Waals surface area contributed by atoms with Crippen LogP contribution in [0.3, 0.4) is 0 Å². The Labute approximate surface area is 127 Å². The molecule has 5 heteroatoms. The molecule has 1 aromatic heterocycles. The lowest BCUT2D eigenvalue weighted by Crippen LogP contribution is -2.41. The van der Waals surface area contributed by atoms with Crippen LogP contribution >= 0.6 is 22.6 Å². The fraction of sp³-hybridized carbons (Fsp3) is 0.714. The van der Waals surface area contributed by atoms with Crippen molar-refractivity contribution < 1.29 is 4.79 Å². The summed E-state index contributed by atoms with van der Waals surface area (Å²) < 4.78 is 2.57. The zero-order valence-corrected chi connectivity index (χ0v) is 13.6. The molecule has 4 nitrogen and oxygen atoms in total. The molecule has 2 fully saturated rings. The quantitative estimate of drug-likeness (QED) is 0.828. The molecule has 1 N–H and O–H groups in total. The molecule has 2 aliphatic carbocycles. The Morgan fingerprint density at radius 1 is 1.53 bits per heavy atom. The summed E-state index contributed by atoms with van der Waals surface area (Å²) >= 11 is 2.17. The molecule has 0 saturated heterocycles. The zero-order valence-electron chi connectivity index (χ0n) is 11.4. The van der Waals surface area contributed by atoms with Crippen molar-refractivity contribution in [2.75, 3.05) is 0 Å². The Morgan fingerprint density at radius 2 is 2.32 bits per heavy atom. The Hall–Kier alpha value is -0.590. The van der Waals surface area contributed by atoms with E-state index in [2.05, 4.69) is 39.9 Å². The Bertz CT molecular complexity index is 479. The molecule has 0 radical (unpaired) electrons. The second-order valence-corrected chi connectivity index (χ2v) is 7.23. The highest BCUT2D eigenvalue weighted by Crippen LogP contribution is 2.49. The molecule has 2 bridgehead atoms. The normalized spacial score (nSPS) is 30.6. The fourth-order valence-electron chi connectivity index (χ4n) is 3.95. The van der Waals surface area contributed by atoms with Crippen LogP contribution in [0.4, 0.5) is 0 Å². The molecule has 19 heavy (non-hydrogen) atoms. The van der Waals surface area contributed by atoms with Crippen molar-refractivity contribution in [2.45, 2.75) is 38.6 Å². The average molecular weight is 373 g/mol. The van der Waals surface area contributed by atoms with Crippen LogP contribution in [-0.4, -0.2) is 21.7 Å². The number of carbonyl (C=O) groups excluding carboxylic acids is 1. The predicted octanol–water partition coefficient (Wildman–Crippen LogP) is 2.58. The first kappa shape index (κ1) is 13.4. The molecule has 2 aliphatic rings. The summed E-state index contributed by atoms with van der Waals surface area (Å²) in [5.74, 6) is 2.45. The largest absolute Gasteiger partial charge is 0.348 e. The number of nitrogens with zero attached hydrogens (tertiary/aromatic N) is 2. The van der Waals surface area contributed by atoms with Gasteiger partial charge in [-0.25, -0.2) is 0 Å². The minimum atomic E-state index is 0.0136. The SMILES string of the molecule is C[C@H](NC(=O)c1c(I)cnn1C)[C@H]1C[C@H]2CC[C@H]1C2. The number of hydrogen-bond donors (Lipinski definition) is 1. The second kappa shape index (κ2) is 5.07. The summed E-state index contributed by atoms with van der Waals surface area (Å²) in [4.78, 5) is 12.3. The standard InChI is InChI=1S/C14H20IN3O/c1-8(11-6-9-3-4-10(11)5-9)17-14(19)13-12(15)7-16-18(13)2/h7-11H,3-6H2,1-2H3,(H,17,19)/t8-,9-,10-,11+/m0/s1. The van der Waals surface area contributed by atoms with E-state index in [-0.39, 0.29) is 11.9 Å². The molecular weight excluding hydrogens is 353 g/mol. The number of fused-ring (bicyclic) bond motifs is 2. The van der Waals surface area contributed by atoms with Gasteiger partial charge in [0.2, 0.25) is 0 Å². The highest BCUT2D eigenvalue weighted by atomic mass is 127. The van der Waals surface area contributed by atoms with E-state index >= 15 is 0 Å². The van der Waals surface area contributed by atoms with Crippen LogP contribution in [0.15, 0.2) is 6.20 Å². The van der Waals surface area contributed by atoms with Gasteiger partial charge in [-0.05, 0) is 66.5 Å². The topological polar surface area (TPSA) is 46.9 Å². The van der Waals surface area contributed by atoms with Crippen LogP contribution < -0.4 is 5.32 Å². The lowest BCUT2D eigenvalue weighted by atomic mass is 9.84. The highest BCUT2D eigenvalue weighted by Gasteiger charge is 2.42. The van der Waals surface area contributed by atoms with E-state index < -0.39 is 0 Å². The fourth-order valence-corrected chi connectivity index (χ4v) is 4.67. The number of hydrogen-bond acceptors (Lipinski definition) is 2. The number of aryl methyl sites for hydroxylation is 1. The first-order valence-corrected chi connectivity index (χ1v) is 8.12. The van der Waals surface area contributed by atoms with Gasteiger partial charge in [-0.3, -0.25) is 9.48 Å². The lowest BCUT2D eigenvalue weighted by Gasteiger charge is -2.28. The molecule has 0 aliphatic heterocycles. The van der Waals surface area contributed by atoms with Gasteiger partial charge in [0.05, 0.1) is 9.77 Å². The van der Waals surface area contributed by atoms with Crippen molar-refractivity contribution in [3.05, 3.63) is 15.5 Å². The summed E-state index contributed by atoms with van der Waals surface area (Å²) in [6.45, 7) is 2.16. The number of carbonyl (C=O) groups is 1. The monoisotopic (exact) mass is 373 g/mol. The van der Waals surface area contributed by atoms with E-state index in [1.165, 1.54) is 25.7 Å². The Morgan fingerprint density at radius 3 is 2.84 bits per heavy atom. The third-order valence-electron chi connectivity index (χ3n) is 4.90. The number of nitrogens with one attached hydrogen (secondary N) is 1. The molecule has 3 rings (SSSR count). The minimum Gasteiger partial charge on any atom is -0.348 e. The first-order valence-electron chi connectivity index (χ1n) is 7.04. The number of amides is 1. The molecule has 1 heterocycles. The maximum atomic E-state index is 12.3. The van der Waals surface area contributed by atoms with Crippen molar-refractivity contribution in [1.82, 2.24) is 15.1 Å². The summed E-state index contributed by atoms with van der Waals surface area (Å²) in [6.07, 6.45) is 7.18. The van der Waals surface area contributed by atoms with Crippen molar-refractivity contribution in [2.24, 2.45) is 24.8 Å². The van der Waals surface area contributed by atoms with E-state index in [0.29, 0.717) is 11.6 Å². The predicted molar refractivity (Wildman–Crippen MR) is 81.8 cm³/mol. The maximum absolute atomic E-state index is 12.3. The molecule has 0 spiro atoms. The Balaban J connectivity index is 1.67. The van der Waals surface area contributed by atoms with Gasteiger partial charge in [-0.2, -0.15) is 5.10 Å². The third kappa shape index (κ3) is 2.41. The lowest BCUT2D eigenvalue weighted by molar-refractivity contribution is 0.0904. The summed E-state index contributed by atoms with van der Waals surface area (Å²) in [5.41, 5.74) is 0.676. The minimum absolute atomic E-state index is 0.0136. The van der Waals surface area contributed by atoms with Crippen LogP contribution in [-0.2, 0) is 7.05 Å². The zero-order chi connectivity index (χ0) is 13.6. The molecule has 104 valence electrons. The van der Waals surface area contributed by atoms with E-state index in [0.717, 1.165) is 15.4 Å². The number of halogens is 1. The second-order valence-electron chi connectivity index (χ2n) is 6.07. The first-order chi connectivity index (χ1) is 9.06. The van der Waals surface area contributed by atoms with Gasteiger partial charge in [0.15, 0.2) is 0 Å². The van der Waals surface area contributed by atoms with Gasteiger partial charge >= 0.3 is 0 Å². The highest BCUT2D eigenvalue weighted by molar-refractivity contribution is 14.1. The molecular formula is C14H20IN3O. The van der Waals surface area contributed by atoms with Crippen molar-refractivity contribution in [3.63, 3.8) is 0 Å². The average Bonchev–Trinajstić information content (AvgIpc) is 3.05. The maximum Gasteiger partial charge on any atom is 0.270 e. The van der Waals surface area contributed by atoms with Crippen molar-refractivity contribution in [1.29, 1.82) is 0 Å². The summed E-state index contributed by atoms with van der Waals surface area (Å²) in [6, 6.07) is 0.272. The van der Waals surface area contributed by atoms with Gasteiger partial charge < -0.3 is 5.32 Å². The molecule has 0 aromatic carbocycles. The van der Waals surface area contributed by atoms with E-state index in [1.54, 1.807) is 10.9 Å². The van der Waals surface area contributed by atoms with Crippen LogP contribution in [0.25, 0.3) is 0 Å². The van der Waals surface area contributed by atoms with E-state index in [9.17, 15) is 4.79 Å². The van der Waals surface area contributed by atoms with E-state index in [4.69, 9.17) is 0 Å². The van der Waals surface area contributed by atoms with Crippen LogP contribution in [0.5, 0.6) is 0 Å². The van der Waals surface area contributed by atoms with Gasteiger partial charge in [0.25, 0.3) is 5.91 Å². The van der Waals surface area contributed by atoms with Crippen LogP contribution in [0, 0.1) is 21.3 Å². The number of aromatic nitrogens is 2. The van der Waals surface area contributed by atoms with Crippen LogP contribution in [0.1, 0.15) is 43.1 Å². The molecule has 2 saturated carbocycles. The third-order valence-corrected chi connectivity index (χ3v) is 5.69. The summed E-state index contributed by atoms with van der Waals surface area (Å²) in [5, 5.41) is 7.31. The van der Waals surface area contributed by atoms with E-state index in [1.807, 2.05) is 7.05 Å². The molecule has 1 amide bonds. The van der Waals surface area contributed by atoms with Crippen molar-refractivity contribution >= 4 is 28.5 Å². The smallest absolute Gasteiger partial charge is 0.270 e. The molecule has 1 aromatic rings. The number of rotatable bonds is 3. The van der Waals surface area contributed by atoms with Crippen molar-refractivity contribution in [3.8, 4) is 0 Å². The van der Waals surface area contributed by atoms with Gasteiger partial charge in [-0.1, -0.05) is 6.42 Å². The van der Waals surface area contributed by atoms with Gasteiger partial charge in [-0.15, -0.1) is 0 Å². The van der Waals surface area contributed by atoms with Gasteiger partial charge in [0.1, 0.15) is 5.69 Å². The Kier molecular flexibility index (Phi) is 3.57. The molecule has 0 unspecified atom stereocenters.